The van der Waals surface area contributed by atoms with Crippen molar-refractivity contribution in [2.45, 2.75) is 19.6 Å². The van der Waals surface area contributed by atoms with Crippen LogP contribution in [0.3, 0.4) is 0 Å². The second kappa shape index (κ2) is 13.6. The van der Waals surface area contributed by atoms with E-state index in [9.17, 15) is 5.26 Å². The molecule has 7 aromatic rings. The third-order valence-corrected chi connectivity index (χ3v) is 10.8. The fraction of sp³-hybridized carbons (Fsp3) is 0.0682. The largest absolute Gasteiger partial charge is 0.238 e. The van der Waals surface area contributed by atoms with Crippen molar-refractivity contribution < 1.29 is 0 Å². The molecule has 1 heterocycles. The molecule has 6 aromatic carbocycles. The van der Waals surface area contributed by atoms with Gasteiger partial charge in [-0.2, -0.15) is 5.26 Å². The third kappa shape index (κ3) is 6.89. The topological polar surface area (TPSA) is 66.8 Å². The van der Waals surface area contributed by atoms with Crippen LogP contribution >= 0.6 is 0 Å². The lowest BCUT2D eigenvalue weighted by atomic mass is 9.96. The maximum absolute atomic E-state index is 9.30. The molecule has 0 amide bonds. The van der Waals surface area contributed by atoms with E-state index in [2.05, 4.69) is 115 Å². The van der Waals surface area contributed by atoms with E-state index in [4.69, 9.17) is 21.5 Å². The zero-order valence-electron chi connectivity index (χ0n) is 28.1. The molecule has 0 saturated carbocycles. The standard InChI is InChI=1S/C44H33N5Si/c1-46-40-23-19-35(20-24-40)43-47-42(34-13-11-30(29-45)12-14-34)48-44(49-43)39-10-6-9-38(28-39)37-8-5-7-36(27-37)33-17-15-31(16-18-33)32-21-25-41(26-22-32)50(2,3)4/h5-28H,2-4H3. The Morgan fingerprint density at radius 3 is 1.34 bits per heavy atom. The normalized spacial score (nSPS) is 11.1. The van der Waals surface area contributed by atoms with Crippen LogP contribution in [0.2, 0.25) is 19.6 Å². The van der Waals surface area contributed by atoms with Crippen molar-refractivity contribution in [1.29, 1.82) is 5.26 Å². The van der Waals surface area contributed by atoms with Crippen molar-refractivity contribution in [2.24, 2.45) is 0 Å². The minimum Gasteiger partial charge on any atom is -0.238 e. The predicted octanol–water partition coefficient (Wildman–Crippen LogP) is 10.8. The Labute approximate surface area is 294 Å². The van der Waals surface area contributed by atoms with Gasteiger partial charge in [0.25, 0.3) is 0 Å². The lowest BCUT2D eigenvalue weighted by Crippen LogP contribution is -2.37. The molecule has 0 atom stereocenters. The number of nitriles is 1. The number of nitrogens with zero attached hydrogens (tertiary/aromatic N) is 5. The summed E-state index contributed by atoms with van der Waals surface area (Å²) in [6.07, 6.45) is 0. The van der Waals surface area contributed by atoms with E-state index in [0.29, 0.717) is 28.7 Å². The molecule has 0 bridgehead atoms. The molecule has 0 aliphatic carbocycles. The molecule has 0 spiro atoms. The van der Waals surface area contributed by atoms with Crippen LogP contribution in [0.5, 0.6) is 0 Å². The van der Waals surface area contributed by atoms with Gasteiger partial charge in [-0.3, -0.25) is 0 Å². The highest BCUT2D eigenvalue weighted by Gasteiger charge is 2.16. The van der Waals surface area contributed by atoms with Crippen LogP contribution in [0, 0.1) is 17.9 Å². The van der Waals surface area contributed by atoms with Gasteiger partial charge in [-0.25, -0.2) is 19.8 Å². The average molecular weight is 660 g/mol. The first-order valence-electron chi connectivity index (χ1n) is 16.4. The highest BCUT2D eigenvalue weighted by atomic mass is 28.3. The second-order valence-electron chi connectivity index (χ2n) is 13.2. The zero-order valence-corrected chi connectivity index (χ0v) is 29.1. The van der Waals surface area contributed by atoms with Crippen molar-refractivity contribution in [3.63, 3.8) is 0 Å². The summed E-state index contributed by atoms with van der Waals surface area (Å²) < 4.78 is 0. The Morgan fingerprint density at radius 1 is 0.480 bits per heavy atom. The molecule has 0 aliphatic heterocycles. The van der Waals surface area contributed by atoms with Crippen LogP contribution in [0.4, 0.5) is 5.69 Å². The molecule has 238 valence electrons. The van der Waals surface area contributed by atoms with Gasteiger partial charge in [0, 0.05) is 16.7 Å². The van der Waals surface area contributed by atoms with E-state index in [1.165, 1.54) is 16.3 Å². The molecule has 0 fully saturated rings. The van der Waals surface area contributed by atoms with Gasteiger partial charge in [-0.15, -0.1) is 0 Å². The number of benzene rings is 6. The van der Waals surface area contributed by atoms with Crippen LogP contribution < -0.4 is 5.19 Å². The summed E-state index contributed by atoms with van der Waals surface area (Å²) in [6.45, 7) is 14.4. The SMILES string of the molecule is [C-]#[N+]c1ccc(-c2nc(-c3ccc(C#N)cc3)nc(-c3cccc(-c4cccc(-c5ccc(-c6ccc([Si](C)(C)C)cc6)cc5)c4)c3)n2)cc1. The van der Waals surface area contributed by atoms with Gasteiger partial charge in [0.15, 0.2) is 23.2 Å². The molecule has 50 heavy (non-hydrogen) atoms. The Bertz CT molecular complexity index is 2320. The first-order chi connectivity index (χ1) is 24.3. The Morgan fingerprint density at radius 2 is 0.860 bits per heavy atom. The van der Waals surface area contributed by atoms with Crippen LogP contribution in [0.15, 0.2) is 146 Å². The van der Waals surface area contributed by atoms with E-state index < -0.39 is 8.07 Å². The quantitative estimate of drug-likeness (QED) is 0.126. The second-order valence-corrected chi connectivity index (χ2v) is 18.3. The van der Waals surface area contributed by atoms with Gasteiger partial charge in [-0.1, -0.05) is 134 Å². The lowest BCUT2D eigenvalue weighted by Gasteiger charge is -2.16. The number of rotatable bonds is 7. The fourth-order valence-corrected chi connectivity index (χ4v) is 7.04. The summed E-state index contributed by atoms with van der Waals surface area (Å²) in [6, 6.07) is 51.3. The average Bonchev–Trinajstić information content (AvgIpc) is 3.17. The van der Waals surface area contributed by atoms with E-state index in [1.54, 1.807) is 24.3 Å². The highest BCUT2D eigenvalue weighted by Crippen LogP contribution is 2.32. The molecular weight excluding hydrogens is 627 g/mol. The fourth-order valence-electron chi connectivity index (χ4n) is 5.88. The van der Waals surface area contributed by atoms with Gasteiger partial charge in [0.2, 0.25) is 0 Å². The van der Waals surface area contributed by atoms with Crippen LogP contribution in [-0.2, 0) is 0 Å². The smallest absolute Gasteiger partial charge is 0.187 e. The minimum atomic E-state index is -1.33. The lowest BCUT2D eigenvalue weighted by molar-refractivity contribution is 1.07. The molecule has 0 radical (unpaired) electrons. The summed E-state index contributed by atoms with van der Waals surface area (Å²) in [5, 5.41) is 10.8. The van der Waals surface area contributed by atoms with Crippen molar-refractivity contribution >= 4 is 18.9 Å². The first-order valence-corrected chi connectivity index (χ1v) is 19.9. The molecule has 0 N–H and O–H groups in total. The molecule has 6 heteroatoms. The number of aromatic nitrogens is 3. The molecule has 5 nitrogen and oxygen atoms in total. The highest BCUT2D eigenvalue weighted by molar-refractivity contribution is 6.88. The third-order valence-electron chi connectivity index (χ3n) is 8.78. The number of hydrogen-bond donors (Lipinski definition) is 0. The van der Waals surface area contributed by atoms with Crippen LogP contribution in [0.25, 0.3) is 72.4 Å². The Kier molecular flexibility index (Phi) is 8.71. The van der Waals surface area contributed by atoms with E-state index in [0.717, 1.165) is 38.9 Å². The molecule has 0 unspecified atom stereocenters. The van der Waals surface area contributed by atoms with Gasteiger partial charge in [-0.05, 0) is 69.8 Å². The summed E-state index contributed by atoms with van der Waals surface area (Å²) in [5.74, 6) is 1.55. The van der Waals surface area contributed by atoms with Crippen molar-refractivity contribution in [3.05, 3.63) is 163 Å². The van der Waals surface area contributed by atoms with Crippen molar-refractivity contribution in [1.82, 2.24) is 15.0 Å². The molecule has 1 aromatic heterocycles. The predicted molar refractivity (Wildman–Crippen MR) is 206 cm³/mol. The summed E-state index contributed by atoms with van der Waals surface area (Å²) in [4.78, 5) is 18.1. The molecule has 7 rings (SSSR count). The van der Waals surface area contributed by atoms with Crippen LogP contribution in [-0.4, -0.2) is 23.0 Å². The van der Waals surface area contributed by atoms with Gasteiger partial charge >= 0.3 is 0 Å². The molecule has 0 saturated heterocycles. The summed E-state index contributed by atoms with van der Waals surface area (Å²) >= 11 is 0. The Hall–Kier alpha value is -6.47. The summed E-state index contributed by atoms with van der Waals surface area (Å²) in [5.41, 5.74) is 10.4. The van der Waals surface area contributed by atoms with Crippen molar-refractivity contribution in [3.8, 4) is 73.6 Å². The zero-order chi connectivity index (χ0) is 34.7. The van der Waals surface area contributed by atoms with Gasteiger partial charge in [0.05, 0.1) is 26.3 Å². The maximum Gasteiger partial charge on any atom is 0.187 e. The monoisotopic (exact) mass is 659 g/mol. The molecular formula is C44H33N5Si. The minimum absolute atomic E-state index is 0.506. The molecule has 0 aliphatic rings. The van der Waals surface area contributed by atoms with Gasteiger partial charge < -0.3 is 0 Å². The van der Waals surface area contributed by atoms with Gasteiger partial charge in [0.1, 0.15) is 0 Å². The summed E-state index contributed by atoms with van der Waals surface area (Å²) in [7, 11) is -1.33. The maximum atomic E-state index is 9.30. The van der Waals surface area contributed by atoms with E-state index in [-0.39, 0.29) is 0 Å². The van der Waals surface area contributed by atoms with Crippen LogP contribution in [0.1, 0.15) is 5.56 Å². The van der Waals surface area contributed by atoms with Crippen molar-refractivity contribution in [2.75, 3.05) is 0 Å². The number of hydrogen-bond acceptors (Lipinski definition) is 4. The van der Waals surface area contributed by atoms with E-state index in [1.807, 2.05) is 36.4 Å². The first kappa shape index (κ1) is 32.1. The van der Waals surface area contributed by atoms with E-state index >= 15 is 0 Å². The Balaban J connectivity index is 1.21.